The lowest BCUT2D eigenvalue weighted by Crippen LogP contribution is -2.23. The highest BCUT2D eigenvalue weighted by molar-refractivity contribution is 7.13. The van der Waals surface area contributed by atoms with Crippen LogP contribution in [-0.4, -0.2) is 16.0 Å². The van der Waals surface area contributed by atoms with E-state index in [0.717, 1.165) is 23.5 Å². The maximum Gasteiger partial charge on any atom is 0.233 e. The van der Waals surface area contributed by atoms with Crippen LogP contribution in [0.4, 0.5) is 5.13 Å². The lowest BCUT2D eigenvalue weighted by Gasteiger charge is -2.20. The van der Waals surface area contributed by atoms with Crippen molar-refractivity contribution in [1.29, 1.82) is 0 Å². The summed E-state index contributed by atoms with van der Waals surface area (Å²) < 4.78 is 5.89. The quantitative estimate of drug-likeness (QED) is 0.486. The highest BCUT2D eigenvalue weighted by Crippen LogP contribution is 2.36. The van der Waals surface area contributed by atoms with Crippen molar-refractivity contribution in [1.82, 2.24) is 4.98 Å². The molecule has 0 bridgehead atoms. The van der Waals surface area contributed by atoms with Crippen molar-refractivity contribution in [3.8, 4) is 11.5 Å². The van der Waals surface area contributed by atoms with Crippen LogP contribution in [0, 0.1) is 5.92 Å². The lowest BCUT2D eigenvalue weighted by atomic mass is 9.87. The van der Waals surface area contributed by atoms with Gasteiger partial charge in [-0.2, -0.15) is 0 Å². The second-order valence-electron chi connectivity index (χ2n) is 7.71. The number of para-hydroxylation sites is 1. The molecule has 1 unspecified atom stereocenters. The number of thiazole rings is 1. The monoisotopic (exact) mass is 422 g/mol. The van der Waals surface area contributed by atoms with Crippen LogP contribution < -0.4 is 10.1 Å². The van der Waals surface area contributed by atoms with Gasteiger partial charge < -0.3 is 15.2 Å². The van der Waals surface area contributed by atoms with Crippen LogP contribution in [0.15, 0.2) is 60.0 Å². The Kier molecular flexibility index (Phi) is 6.77. The maximum atomic E-state index is 13.1. The van der Waals surface area contributed by atoms with Crippen molar-refractivity contribution in [3.05, 3.63) is 71.2 Å². The maximum absolute atomic E-state index is 13.1. The Hall–Kier alpha value is -2.70. The SMILES string of the molecule is O=C(Nc1nc(CO)cs1)C(CC1CCCC1)c1ccc(Oc2ccccc2)cc1. The number of nitrogens with one attached hydrogen (secondary N) is 1. The van der Waals surface area contributed by atoms with Gasteiger partial charge in [0, 0.05) is 5.38 Å². The molecule has 0 radical (unpaired) electrons. The van der Waals surface area contributed by atoms with Gasteiger partial charge >= 0.3 is 0 Å². The first-order chi connectivity index (χ1) is 14.7. The number of amides is 1. The van der Waals surface area contributed by atoms with Gasteiger partial charge in [0.2, 0.25) is 5.91 Å². The molecule has 1 saturated carbocycles. The zero-order valence-electron chi connectivity index (χ0n) is 16.8. The summed E-state index contributed by atoms with van der Waals surface area (Å²) in [6, 6.07) is 17.5. The molecule has 1 aliphatic rings. The second-order valence-corrected chi connectivity index (χ2v) is 8.57. The summed E-state index contributed by atoms with van der Waals surface area (Å²) in [7, 11) is 0. The number of aromatic nitrogens is 1. The van der Waals surface area contributed by atoms with E-state index in [2.05, 4.69) is 10.3 Å². The molecule has 0 spiro atoms. The summed E-state index contributed by atoms with van der Waals surface area (Å²) in [6.07, 6.45) is 5.70. The van der Waals surface area contributed by atoms with Gasteiger partial charge in [-0.25, -0.2) is 4.98 Å². The summed E-state index contributed by atoms with van der Waals surface area (Å²) in [4.78, 5) is 17.4. The molecule has 156 valence electrons. The van der Waals surface area contributed by atoms with Crippen molar-refractivity contribution >= 4 is 22.4 Å². The Morgan fingerprint density at radius 3 is 2.47 bits per heavy atom. The van der Waals surface area contributed by atoms with Gasteiger partial charge in [-0.15, -0.1) is 11.3 Å². The molecule has 1 amide bonds. The largest absolute Gasteiger partial charge is 0.457 e. The minimum Gasteiger partial charge on any atom is -0.457 e. The number of aliphatic hydroxyl groups excluding tert-OH is 1. The fourth-order valence-electron chi connectivity index (χ4n) is 4.00. The number of rotatable bonds is 8. The number of nitrogens with zero attached hydrogens (tertiary/aromatic N) is 1. The number of benzene rings is 2. The molecule has 1 heterocycles. The second kappa shape index (κ2) is 9.87. The molecule has 6 heteroatoms. The van der Waals surface area contributed by atoms with Crippen molar-refractivity contribution in [2.45, 2.75) is 44.6 Å². The molecule has 2 aromatic carbocycles. The van der Waals surface area contributed by atoms with E-state index in [-0.39, 0.29) is 18.4 Å². The van der Waals surface area contributed by atoms with Gasteiger partial charge in [0.25, 0.3) is 0 Å². The lowest BCUT2D eigenvalue weighted by molar-refractivity contribution is -0.118. The predicted molar refractivity (Wildman–Crippen MR) is 119 cm³/mol. The van der Waals surface area contributed by atoms with Crippen LogP contribution in [0.2, 0.25) is 0 Å². The minimum absolute atomic E-state index is 0.0440. The van der Waals surface area contributed by atoms with E-state index >= 15 is 0 Å². The van der Waals surface area contributed by atoms with Crippen LogP contribution in [0.3, 0.4) is 0 Å². The fraction of sp³-hybridized carbons (Fsp3) is 0.333. The van der Waals surface area contributed by atoms with Gasteiger partial charge in [0.1, 0.15) is 11.5 Å². The minimum atomic E-state index is -0.236. The number of ether oxygens (including phenoxy) is 1. The van der Waals surface area contributed by atoms with E-state index in [1.807, 2.05) is 54.6 Å². The molecule has 1 atom stereocenters. The highest BCUT2D eigenvalue weighted by atomic mass is 32.1. The van der Waals surface area contributed by atoms with Gasteiger partial charge in [-0.1, -0.05) is 56.0 Å². The van der Waals surface area contributed by atoms with Crippen LogP contribution >= 0.6 is 11.3 Å². The molecule has 3 aromatic rings. The molecular formula is C24H26N2O3S. The highest BCUT2D eigenvalue weighted by Gasteiger charge is 2.27. The molecule has 2 N–H and O–H groups in total. The Labute approximate surface area is 180 Å². The Morgan fingerprint density at radius 1 is 1.10 bits per heavy atom. The standard InChI is InChI=1S/C24H26N2O3S/c27-15-19-16-30-24(25-19)26-23(28)22(14-17-6-4-5-7-17)18-10-12-21(13-11-18)29-20-8-2-1-3-9-20/h1-3,8-13,16-17,22,27H,4-7,14-15H2,(H,25,26,28). The summed E-state index contributed by atoms with van der Waals surface area (Å²) >= 11 is 1.34. The van der Waals surface area contributed by atoms with Crippen LogP contribution in [0.25, 0.3) is 0 Å². The predicted octanol–water partition coefficient (Wildman–Crippen LogP) is 5.73. The first kappa shape index (κ1) is 20.6. The number of aliphatic hydroxyl groups is 1. The Bertz CT molecular complexity index is 950. The average molecular weight is 423 g/mol. The normalized spacial score (nSPS) is 15.1. The van der Waals surface area contributed by atoms with Crippen LogP contribution in [0.1, 0.15) is 49.3 Å². The summed E-state index contributed by atoms with van der Waals surface area (Å²) in [6.45, 7) is -0.124. The number of hydrogen-bond donors (Lipinski definition) is 2. The Balaban J connectivity index is 1.50. The third kappa shape index (κ3) is 5.26. The third-order valence-corrected chi connectivity index (χ3v) is 6.37. The molecule has 1 aliphatic carbocycles. The zero-order valence-corrected chi connectivity index (χ0v) is 17.6. The van der Waals surface area contributed by atoms with E-state index in [9.17, 15) is 9.90 Å². The number of carbonyl (C=O) groups is 1. The van der Waals surface area contributed by atoms with E-state index in [1.165, 1.54) is 37.0 Å². The van der Waals surface area contributed by atoms with Crippen LogP contribution in [0.5, 0.6) is 11.5 Å². The molecule has 1 fully saturated rings. The first-order valence-electron chi connectivity index (χ1n) is 10.4. The van der Waals surface area contributed by atoms with Crippen molar-refractivity contribution in [3.63, 3.8) is 0 Å². The molecule has 0 saturated heterocycles. The van der Waals surface area contributed by atoms with Gasteiger partial charge in [-0.05, 0) is 42.2 Å². The first-order valence-corrected chi connectivity index (χ1v) is 11.3. The molecule has 0 aliphatic heterocycles. The number of carbonyl (C=O) groups excluding carboxylic acids is 1. The van der Waals surface area contributed by atoms with E-state index in [0.29, 0.717) is 16.7 Å². The van der Waals surface area contributed by atoms with E-state index in [1.54, 1.807) is 5.38 Å². The molecule has 4 rings (SSSR count). The summed E-state index contributed by atoms with van der Waals surface area (Å²) in [5.41, 5.74) is 1.56. The zero-order chi connectivity index (χ0) is 20.8. The smallest absolute Gasteiger partial charge is 0.233 e. The van der Waals surface area contributed by atoms with Crippen LogP contribution in [-0.2, 0) is 11.4 Å². The van der Waals surface area contributed by atoms with E-state index < -0.39 is 0 Å². The van der Waals surface area contributed by atoms with Crippen molar-refractivity contribution in [2.75, 3.05) is 5.32 Å². The number of hydrogen-bond acceptors (Lipinski definition) is 5. The van der Waals surface area contributed by atoms with Crippen molar-refractivity contribution < 1.29 is 14.6 Å². The summed E-state index contributed by atoms with van der Waals surface area (Å²) in [5.74, 6) is 1.83. The van der Waals surface area contributed by atoms with Gasteiger partial charge in [0.05, 0.1) is 18.2 Å². The van der Waals surface area contributed by atoms with Crippen molar-refractivity contribution in [2.24, 2.45) is 5.92 Å². The Morgan fingerprint density at radius 2 is 1.80 bits per heavy atom. The third-order valence-electron chi connectivity index (χ3n) is 5.57. The fourth-order valence-corrected chi connectivity index (χ4v) is 4.70. The summed E-state index contributed by atoms with van der Waals surface area (Å²) in [5, 5.41) is 14.5. The van der Waals surface area contributed by atoms with E-state index in [4.69, 9.17) is 4.74 Å². The topological polar surface area (TPSA) is 71.5 Å². The molecule has 5 nitrogen and oxygen atoms in total. The molecule has 1 aromatic heterocycles. The molecular weight excluding hydrogens is 396 g/mol. The average Bonchev–Trinajstić information content (AvgIpc) is 3.45. The van der Waals surface area contributed by atoms with Gasteiger partial charge in [-0.3, -0.25) is 4.79 Å². The molecule has 30 heavy (non-hydrogen) atoms. The number of anilines is 1. The van der Waals surface area contributed by atoms with Gasteiger partial charge in [0.15, 0.2) is 5.13 Å².